The van der Waals surface area contributed by atoms with E-state index in [-0.39, 0.29) is 12.4 Å². The number of carbonyl (C=O) groups excluding carboxylic acids is 1. The summed E-state index contributed by atoms with van der Waals surface area (Å²) < 4.78 is 5.62. The Balaban J connectivity index is 1.41. The predicted octanol–water partition coefficient (Wildman–Crippen LogP) is 6.11. The molecule has 0 aromatic heterocycles. The second-order valence-corrected chi connectivity index (χ2v) is 7.74. The zero-order chi connectivity index (χ0) is 23.9. The maximum atomic E-state index is 12.1. The van der Waals surface area contributed by atoms with Gasteiger partial charge in [-0.3, -0.25) is 4.79 Å². The molecule has 0 saturated heterocycles. The summed E-state index contributed by atoms with van der Waals surface area (Å²) in [6.45, 7) is 3.67. The Kier molecular flexibility index (Phi) is 6.93. The Morgan fingerprint density at radius 2 is 1.68 bits per heavy atom. The Labute approximate surface area is 197 Å². The van der Waals surface area contributed by atoms with Gasteiger partial charge in [0.15, 0.2) is 6.61 Å². The summed E-state index contributed by atoms with van der Waals surface area (Å²) in [7, 11) is 0. The van der Waals surface area contributed by atoms with Gasteiger partial charge in [-0.2, -0.15) is 10.2 Å². The third-order valence-electron chi connectivity index (χ3n) is 5.20. The number of phenols is 1. The standard InChI is InChI=1S/C27H24N4O3/c1-18-7-5-8-19(2)27(18)34-17-26(33)31-28-16-21-15-22(13-14-25(21)32)29-30-24-12-6-10-20-9-3-4-11-23(20)24/h3-16,32H,17H2,1-2H3,(H,31,33). The van der Waals surface area contributed by atoms with Crippen molar-refractivity contribution in [1.29, 1.82) is 0 Å². The van der Waals surface area contributed by atoms with Crippen molar-refractivity contribution in [3.63, 3.8) is 0 Å². The van der Waals surface area contributed by atoms with Gasteiger partial charge in [0.25, 0.3) is 5.91 Å². The number of fused-ring (bicyclic) bond motifs is 1. The van der Waals surface area contributed by atoms with Crippen LogP contribution in [0.2, 0.25) is 0 Å². The number of para-hydroxylation sites is 1. The van der Waals surface area contributed by atoms with Gasteiger partial charge in [0.05, 0.1) is 17.6 Å². The Hall–Kier alpha value is -4.52. The summed E-state index contributed by atoms with van der Waals surface area (Å²) in [5, 5.41) is 24.8. The summed E-state index contributed by atoms with van der Waals surface area (Å²) in [5.74, 6) is 0.280. The smallest absolute Gasteiger partial charge is 0.277 e. The van der Waals surface area contributed by atoms with Crippen molar-refractivity contribution in [2.24, 2.45) is 15.3 Å². The molecule has 2 N–H and O–H groups in total. The molecule has 7 nitrogen and oxygen atoms in total. The number of hydrazone groups is 1. The van der Waals surface area contributed by atoms with Crippen LogP contribution in [-0.4, -0.2) is 23.8 Å². The molecule has 170 valence electrons. The van der Waals surface area contributed by atoms with Crippen LogP contribution in [0.4, 0.5) is 11.4 Å². The number of phenolic OH excluding ortho intramolecular Hbond substituents is 1. The fourth-order valence-corrected chi connectivity index (χ4v) is 3.49. The molecular weight excluding hydrogens is 428 g/mol. The average Bonchev–Trinajstić information content (AvgIpc) is 2.84. The van der Waals surface area contributed by atoms with Crippen molar-refractivity contribution in [2.45, 2.75) is 13.8 Å². The highest BCUT2D eigenvalue weighted by Gasteiger charge is 2.07. The number of aromatic hydroxyl groups is 1. The number of hydrogen-bond donors (Lipinski definition) is 2. The first-order valence-electron chi connectivity index (χ1n) is 10.7. The Bertz CT molecular complexity index is 1370. The van der Waals surface area contributed by atoms with Gasteiger partial charge in [0.2, 0.25) is 0 Å². The van der Waals surface area contributed by atoms with Gasteiger partial charge in [-0.05, 0) is 54.6 Å². The lowest BCUT2D eigenvalue weighted by Gasteiger charge is -2.10. The van der Waals surface area contributed by atoms with Crippen LogP contribution < -0.4 is 10.2 Å². The molecular formula is C27H24N4O3. The lowest BCUT2D eigenvalue weighted by Crippen LogP contribution is -2.25. The van der Waals surface area contributed by atoms with Crippen LogP contribution in [0.5, 0.6) is 11.5 Å². The molecule has 34 heavy (non-hydrogen) atoms. The Morgan fingerprint density at radius 3 is 2.50 bits per heavy atom. The lowest BCUT2D eigenvalue weighted by atomic mass is 10.1. The van der Waals surface area contributed by atoms with Crippen LogP contribution in [-0.2, 0) is 4.79 Å². The minimum atomic E-state index is -0.412. The molecule has 0 bridgehead atoms. The minimum Gasteiger partial charge on any atom is -0.507 e. The van der Waals surface area contributed by atoms with Gasteiger partial charge >= 0.3 is 0 Å². The summed E-state index contributed by atoms with van der Waals surface area (Å²) in [6, 6.07) is 24.4. The molecule has 0 aliphatic carbocycles. The first kappa shape index (κ1) is 22.7. The summed E-state index contributed by atoms with van der Waals surface area (Å²) in [4.78, 5) is 12.1. The second kappa shape index (κ2) is 10.4. The molecule has 0 heterocycles. The molecule has 4 aromatic rings. The molecule has 0 radical (unpaired) electrons. The first-order chi connectivity index (χ1) is 16.5. The van der Waals surface area contributed by atoms with Crippen LogP contribution in [0.1, 0.15) is 16.7 Å². The number of hydrogen-bond acceptors (Lipinski definition) is 6. The molecule has 4 rings (SSSR count). The van der Waals surface area contributed by atoms with Crippen LogP contribution >= 0.6 is 0 Å². The van der Waals surface area contributed by atoms with Gasteiger partial charge in [0, 0.05) is 10.9 Å². The molecule has 7 heteroatoms. The SMILES string of the molecule is Cc1cccc(C)c1OCC(=O)NN=Cc1cc(N=Nc2cccc3ccccc23)ccc1O. The topological polar surface area (TPSA) is 95.6 Å². The number of carbonyl (C=O) groups is 1. The predicted molar refractivity (Wildman–Crippen MR) is 133 cm³/mol. The number of benzene rings is 4. The number of nitrogens with zero attached hydrogens (tertiary/aromatic N) is 3. The van der Waals surface area contributed by atoms with E-state index in [9.17, 15) is 9.90 Å². The average molecular weight is 453 g/mol. The molecule has 0 atom stereocenters. The number of aryl methyl sites for hydroxylation is 2. The third-order valence-corrected chi connectivity index (χ3v) is 5.20. The van der Waals surface area contributed by atoms with Gasteiger partial charge < -0.3 is 9.84 Å². The van der Waals surface area contributed by atoms with Crippen LogP contribution in [0, 0.1) is 13.8 Å². The van der Waals surface area contributed by atoms with Crippen molar-refractivity contribution in [3.8, 4) is 11.5 Å². The maximum Gasteiger partial charge on any atom is 0.277 e. The van der Waals surface area contributed by atoms with Crippen LogP contribution in [0.15, 0.2) is 94.2 Å². The largest absolute Gasteiger partial charge is 0.507 e. The molecule has 0 aliphatic rings. The van der Waals surface area contributed by atoms with E-state index < -0.39 is 5.91 Å². The summed E-state index contributed by atoms with van der Waals surface area (Å²) in [5.41, 5.74) is 5.99. The molecule has 0 unspecified atom stereocenters. The maximum absolute atomic E-state index is 12.1. The number of nitrogens with one attached hydrogen (secondary N) is 1. The van der Waals surface area contributed by atoms with Gasteiger partial charge in [-0.25, -0.2) is 5.43 Å². The minimum absolute atomic E-state index is 0.00824. The zero-order valence-corrected chi connectivity index (χ0v) is 18.9. The van der Waals surface area contributed by atoms with E-state index in [0.29, 0.717) is 17.0 Å². The van der Waals surface area contributed by atoms with Crippen molar-refractivity contribution >= 4 is 34.3 Å². The molecule has 1 amide bonds. The number of amides is 1. The number of azo groups is 1. The molecule has 0 aliphatic heterocycles. The van der Waals surface area contributed by atoms with E-state index >= 15 is 0 Å². The van der Waals surface area contributed by atoms with E-state index in [1.165, 1.54) is 12.3 Å². The van der Waals surface area contributed by atoms with Crippen molar-refractivity contribution < 1.29 is 14.6 Å². The number of ether oxygens (including phenoxy) is 1. The van der Waals surface area contributed by atoms with E-state index in [0.717, 1.165) is 27.6 Å². The number of rotatable bonds is 7. The molecule has 0 saturated carbocycles. The Morgan fingerprint density at radius 1 is 0.941 bits per heavy atom. The first-order valence-corrected chi connectivity index (χ1v) is 10.7. The van der Waals surface area contributed by atoms with Crippen molar-refractivity contribution in [2.75, 3.05) is 6.61 Å². The van der Waals surface area contributed by atoms with Crippen molar-refractivity contribution in [1.82, 2.24) is 5.43 Å². The molecule has 0 spiro atoms. The molecule has 4 aromatic carbocycles. The van der Waals surface area contributed by atoms with E-state index in [4.69, 9.17) is 4.74 Å². The normalized spacial score (nSPS) is 11.4. The van der Waals surface area contributed by atoms with Crippen LogP contribution in [0.25, 0.3) is 10.8 Å². The van der Waals surface area contributed by atoms with E-state index in [1.54, 1.807) is 12.1 Å². The van der Waals surface area contributed by atoms with Gasteiger partial charge in [-0.15, -0.1) is 5.11 Å². The highest BCUT2D eigenvalue weighted by atomic mass is 16.5. The summed E-state index contributed by atoms with van der Waals surface area (Å²) >= 11 is 0. The highest BCUT2D eigenvalue weighted by molar-refractivity contribution is 5.92. The zero-order valence-electron chi connectivity index (χ0n) is 18.9. The second-order valence-electron chi connectivity index (χ2n) is 7.74. The van der Waals surface area contributed by atoms with E-state index in [2.05, 4.69) is 20.8 Å². The summed E-state index contributed by atoms with van der Waals surface area (Å²) in [6.07, 6.45) is 1.35. The van der Waals surface area contributed by atoms with E-state index in [1.807, 2.05) is 74.5 Å². The quantitative estimate of drug-likeness (QED) is 0.201. The van der Waals surface area contributed by atoms with Crippen molar-refractivity contribution in [3.05, 3.63) is 95.6 Å². The lowest BCUT2D eigenvalue weighted by molar-refractivity contribution is -0.123. The third kappa shape index (κ3) is 5.45. The highest BCUT2D eigenvalue weighted by Crippen LogP contribution is 2.29. The fourth-order valence-electron chi connectivity index (χ4n) is 3.49. The molecule has 0 fully saturated rings. The van der Waals surface area contributed by atoms with Gasteiger partial charge in [-0.1, -0.05) is 54.6 Å². The fraction of sp³-hybridized carbons (Fsp3) is 0.111. The van der Waals surface area contributed by atoms with Gasteiger partial charge in [0.1, 0.15) is 11.5 Å². The monoisotopic (exact) mass is 452 g/mol. The van der Waals surface area contributed by atoms with Crippen LogP contribution in [0.3, 0.4) is 0 Å².